The molecule has 0 aromatic heterocycles. The first-order valence-corrected chi connectivity index (χ1v) is 9.53. The van der Waals surface area contributed by atoms with Crippen LogP contribution < -0.4 is 5.32 Å². The van der Waals surface area contributed by atoms with Crippen LogP contribution in [0.3, 0.4) is 0 Å². The maximum atomic E-state index is 12.6. The van der Waals surface area contributed by atoms with Crippen LogP contribution in [0.2, 0.25) is 0 Å². The molecule has 0 spiro atoms. The van der Waals surface area contributed by atoms with E-state index >= 15 is 0 Å². The van der Waals surface area contributed by atoms with Crippen molar-refractivity contribution < 1.29 is 19.1 Å². The van der Waals surface area contributed by atoms with Gasteiger partial charge >= 0.3 is 12.1 Å². The number of benzene rings is 1. The fourth-order valence-electron chi connectivity index (χ4n) is 2.78. The van der Waals surface area contributed by atoms with E-state index in [9.17, 15) is 9.59 Å². The molecule has 0 radical (unpaired) electrons. The Morgan fingerprint density at radius 2 is 1.89 bits per heavy atom. The molecular weight excluding hydrogens is 368 g/mol. The molecule has 1 atom stereocenters. The number of halogens is 1. The highest BCUT2D eigenvalue weighted by molar-refractivity contribution is 6.29. The van der Waals surface area contributed by atoms with Gasteiger partial charge in [0.15, 0.2) is 0 Å². The molecule has 1 amide bonds. The predicted octanol–water partition coefficient (Wildman–Crippen LogP) is 4.05. The molecule has 2 N–H and O–H groups in total. The van der Waals surface area contributed by atoms with Crippen molar-refractivity contribution in [2.45, 2.75) is 58.3 Å². The van der Waals surface area contributed by atoms with Gasteiger partial charge in [0.05, 0.1) is 5.88 Å². The van der Waals surface area contributed by atoms with Gasteiger partial charge in [-0.1, -0.05) is 30.3 Å². The Kier molecular flexibility index (Phi) is 6.87. The molecule has 7 heteroatoms. The molecule has 6 nitrogen and oxygen atoms in total. The number of hydrogen-bond acceptors (Lipinski definition) is 5. The molecule has 1 aliphatic rings. The molecule has 0 heterocycles. The van der Waals surface area contributed by atoms with Gasteiger partial charge in [0.2, 0.25) is 0 Å². The number of carbonyl (C=O) groups is 2. The first-order chi connectivity index (χ1) is 12.6. The number of alkyl halides is 1. The maximum absolute atomic E-state index is 12.6. The SMILES string of the molecule is CC(C)(C)OC(=O)N[C@@H](CC1(C(=N)CCl)CC1)C(=O)OCc1ccccc1. The molecule has 0 bridgehead atoms. The van der Waals surface area contributed by atoms with Crippen LogP contribution in [0.25, 0.3) is 0 Å². The Bertz CT molecular complexity index is 681. The molecule has 0 saturated heterocycles. The van der Waals surface area contributed by atoms with Gasteiger partial charge in [-0.05, 0) is 45.6 Å². The summed E-state index contributed by atoms with van der Waals surface area (Å²) in [7, 11) is 0. The summed E-state index contributed by atoms with van der Waals surface area (Å²) < 4.78 is 10.7. The summed E-state index contributed by atoms with van der Waals surface area (Å²) in [6.07, 6.45) is 1.15. The van der Waals surface area contributed by atoms with Gasteiger partial charge in [-0.3, -0.25) is 0 Å². The van der Waals surface area contributed by atoms with E-state index in [1.54, 1.807) is 20.8 Å². The molecule has 27 heavy (non-hydrogen) atoms. The number of rotatable bonds is 8. The summed E-state index contributed by atoms with van der Waals surface area (Å²) in [5.41, 5.74) is 0.128. The lowest BCUT2D eigenvalue weighted by molar-refractivity contribution is -0.148. The molecular formula is C20H27ClN2O4. The van der Waals surface area contributed by atoms with Crippen LogP contribution >= 0.6 is 11.6 Å². The molecule has 1 aliphatic carbocycles. The van der Waals surface area contributed by atoms with E-state index in [1.165, 1.54) is 0 Å². The second-order valence-electron chi connectivity index (χ2n) is 7.89. The summed E-state index contributed by atoms with van der Waals surface area (Å²) in [5.74, 6) is -0.434. The average Bonchev–Trinajstić information content (AvgIpc) is 3.38. The largest absolute Gasteiger partial charge is 0.459 e. The van der Waals surface area contributed by atoms with E-state index in [-0.39, 0.29) is 18.9 Å². The van der Waals surface area contributed by atoms with E-state index in [4.69, 9.17) is 26.5 Å². The first-order valence-electron chi connectivity index (χ1n) is 8.99. The van der Waals surface area contributed by atoms with E-state index in [2.05, 4.69) is 5.32 Å². The van der Waals surface area contributed by atoms with Crippen LogP contribution in [0.4, 0.5) is 4.79 Å². The zero-order chi connectivity index (χ0) is 20.1. The Hall–Kier alpha value is -2.08. The lowest BCUT2D eigenvalue weighted by atomic mass is 9.92. The second-order valence-corrected chi connectivity index (χ2v) is 8.16. The highest BCUT2D eigenvalue weighted by Crippen LogP contribution is 2.51. The molecule has 1 aromatic carbocycles. The normalized spacial score (nSPS) is 16.1. The zero-order valence-corrected chi connectivity index (χ0v) is 16.8. The van der Waals surface area contributed by atoms with Crippen molar-refractivity contribution in [3.8, 4) is 0 Å². The van der Waals surface area contributed by atoms with Crippen molar-refractivity contribution in [3.63, 3.8) is 0 Å². The number of nitrogens with one attached hydrogen (secondary N) is 2. The van der Waals surface area contributed by atoms with Crippen molar-refractivity contribution >= 4 is 29.4 Å². The van der Waals surface area contributed by atoms with Gasteiger partial charge in [-0.2, -0.15) is 0 Å². The summed E-state index contributed by atoms with van der Waals surface area (Å²) in [4.78, 5) is 24.8. The minimum absolute atomic E-state index is 0.109. The van der Waals surface area contributed by atoms with Crippen LogP contribution in [0, 0.1) is 10.8 Å². The van der Waals surface area contributed by atoms with E-state index in [1.807, 2.05) is 30.3 Å². The molecule has 2 rings (SSSR count). The fourth-order valence-corrected chi connectivity index (χ4v) is 3.07. The lowest BCUT2D eigenvalue weighted by Crippen LogP contribution is -2.46. The smallest absolute Gasteiger partial charge is 0.408 e. The fraction of sp³-hybridized carbons (Fsp3) is 0.550. The zero-order valence-electron chi connectivity index (χ0n) is 16.0. The molecule has 1 aromatic rings. The summed E-state index contributed by atoms with van der Waals surface area (Å²) in [6, 6.07) is 8.42. The van der Waals surface area contributed by atoms with Crippen molar-refractivity contribution in [1.82, 2.24) is 5.32 Å². The van der Waals surface area contributed by atoms with Crippen molar-refractivity contribution in [2.24, 2.45) is 5.41 Å². The quantitative estimate of drug-likeness (QED) is 0.395. The first kappa shape index (κ1) is 21.2. The van der Waals surface area contributed by atoms with Gasteiger partial charge in [0.25, 0.3) is 0 Å². The topological polar surface area (TPSA) is 88.5 Å². The number of amides is 1. The minimum atomic E-state index is -0.894. The number of carbonyl (C=O) groups excluding carboxylic acids is 2. The van der Waals surface area contributed by atoms with Crippen molar-refractivity contribution in [1.29, 1.82) is 5.41 Å². The molecule has 0 aliphatic heterocycles. The summed E-state index contributed by atoms with van der Waals surface area (Å²) in [6.45, 7) is 5.37. The predicted molar refractivity (Wildman–Crippen MR) is 104 cm³/mol. The van der Waals surface area contributed by atoms with Crippen LogP contribution in [0.5, 0.6) is 0 Å². The van der Waals surface area contributed by atoms with Gasteiger partial charge in [0.1, 0.15) is 18.2 Å². The number of esters is 1. The van der Waals surface area contributed by atoms with Crippen LogP contribution in [0.1, 0.15) is 45.6 Å². The third-order valence-corrected chi connectivity index (χ3v) is 4.69. The highest BCUT2D eigenvalue weighted by Gasteiger charge is 2.49. The standard InChI is InChI=1S/C20H27ClN2O4/c1-19(2,3)27-18(25)23-15(11-20(9-10-20)16(22)12-21)17(24)26-13-14-7-5-4-6-8-14/h4-8,15,22H,9-13H2,1-3H3,(H,23,25)/t15-/m0/s1. The summed E-state index contributed by atoms with van der Waals surface area (Å²) in [5, 5.41) is 10.7. The minimum Gasteiger partial charge on any atom is -0.459 e. The van der Waals surface area contributed by atoms with E-state index < -0.39 is 29.1 Å². The lowest BCUT2D eigenvalue weighted by Gasteiger charge is -2.25. The third kappa shape index (κ3) is 6.54. The third-order valence-electron chi connectivity index (χ3n) is 4.42. The van der Waals surface area contributed by atoms with Crippen LogP contribution in [0.15, 0.2) is 30.3 Å². The van der Waals surface area contributed by atoms with E-state index in [0.717, 1.165) is 18.4 Å². The molecule has 1 fully saturated rings. The number of ether oxygens (including phenoxy) is 2. The Labute approximate surface area is 165 Å². The van der Waals surface area contributed by atoms with Crippen molar-refractivity contribution in [2.75, 3.05) is 5.88 Å². The molecule has 148 valence electrons. The highest BCUT2D eigenvalue weighted by atomic mass is 35.5. The Balaban J connectivity index is 2.05. The van der Waals surface area contributed by atoms with Crippen LogP contribution in [-0.2, 0) is 20.9 Å². The number of hydrogen-bond donors (Lipinski definition) is 2. The number of alkyl carbamates (subject to hydrolysis) is 1. The van der Waals surface area contributed by atoms with Gasteiger partial charge in [-0.15, -0.1) is 11.6 Å². The maximum Gasteiger partial charge on any atom is 0.408 e. The second kappa shape index (κ2) is 8.74. The van der Waals surface area contributed by atoms with Gasteiger partial charge in [-0.25, -0.2) is 9.59 Å². The van der Waals surface area contributed by atoms with Crippen LogP contribution in [-0.4, -0.2) is 35.3 Å². The Morgan fingerprint density at radius 3 is 2.41 bits per heavy atom. The van der Waals surface area contributed by atoms with Gasteiger partial charge < -0.3 is 20.2 Å². The monoisotopic (exact) mass is 394 g/mol. The van der Waals surface area contributed by atoms with E-state index in [0.29, 0.717) is 5.71 Å². The van der Waals surface area contributed by atoms with Gasteiger partial charge in [0, 0.05) is 11.1 Å². The summed E-state index contributed by atoms with van der Waals surface area (Å²) >= 11 is 5.82. The molecule has 1 saturated carbocycles. The van der Waals surface area contributed by atoms with Crippen molar-refractivity contribution in [3.05, 3.63) is 35.9 Å². The Morgan fingerprint density at radius 1 is 1.26 bits per heavy atom. The molecule has 0 unspecified atom stereocenters. The average molecular weight is 395 g/mol.